The first-order valence-electron chi connectivity index (χ1n) is 8.03. The molecule has 6 heteroatoms. The van der Waals surface area contributed by atoms with Crippen LogP contribution in [0.1, 0.15) is 24.2 Å². The first-order chi connectivity index (χ1) is 12.0. The number of benzene rings is 2. The molecule has 130 valence electrons. The number of esters is 1. The molecule has 0 aromatic heterocycles. The zero-order valence-corrected chi connectivity index (χ0v) is 14.0. The highest BCUT2D eigenvalue weighted by atomic mass is 16.6. The average Bonchev–Trinajstić information content (AvgIpc) is 2.61. The van der Waals surface area contributed by atoms with Crippen molar-refractivity contribution in [1.82, 2.24) is 0 Å². The number of hydrogen-bond donors (Lipinski definition) is 1. The summed E-state index contributed by atoms with van der Waals surface area (Å²) in [6.07, 6.45) is -0.918. The Labute approximate surface area is 145 Å². The maximum atomic E-state index is 12.3. The minimum atomic E-state index is -0.736. The molecule has 0 bridgehead atoms. The summed E-state index contributed by atoms with van der Waals surface area (Å²) >= 11 is 0. The van der Waals surface area contributed by atoms with Crippen LogP contribution in [-0.4, -0.2) is 30.7 Å². The summed E-state index contributed by atoms with van der Waals surface area (Å²) in [5.41, 5.74) is 0.992. The molecular weight excluding hydrogens is 322 g/mol. The molecule has 0 fully saturated rings. The minimum Gasteiger partial charge on any atom is -0.485 e. The lowest BCUT2D eigenvalue weighted by Crippen LogP contribution is -2.40. The molecule has 0 spiro atoms. The Kier molecular flexibility index (Phi) is 4.88. The number of carbonyl (C=O) groups is 2. The molecule has 2 aromatic carbocycles. The summed E-state index contributed by atoms with van der Waals surface area (Å²) in [7, 11) is 0. The Balaban J connectivity index is 1.61. The Morgan fingerprint density at radius 2 is 1.76 bits per heavy atom. The summed E-state index contributed by atoms with van der Waals surface area (Å²) in [6, 6.07) is 13.7. The van der Waals surface area contributed by atoms with Crippen LogP contribution >= 0.6 is 0 Å². The fraction of sp³-hybridized carbons (Fsp3) is 0.263. The molecular formula is C19H19NO5. The topological polar surface area (TPSA) is 73.9 Å². The van der Waals surface area contributed by atoms with Crippen molar-refractivity contribution in [1.29, 1.82) is 0 Å². The molecule has 3 rings (SSSR count). The molecule has 0 radical (unpaired) electrons. The molecule has 1 atom stereocenters. The van der Waals surface area contributed by atoms with Gasteiger partial charge in [-0.2, -0.15) is 0 Å². The molecule has 1 amide bonds. The maximum Gasteiger partial charge on any atom is 0.338 e. The molecule has 0 saturated carbocycles. The van der Waals surface area contributed by atoms with E-state index in [-0.39, 0.29) is 18.6 Å². The van der Waals surface area contributed by atoms with E-state index in [0.29, 0.717) is 22.7 Å². The number of fused-ring (bicyclic) bond motifs is 1. The van der Waals surface area contributed by atoms with E-state index in [2.05, 4.69) is 5.32 Å². The lowest BCUT2D eigenvalue weighted by atomic mass is 10.2. The van der Waals surface area contributed by atoms with Gasteiger partial charge in [0.15, 0.2) is 11.5 Å². The van der Waals surface area contributed by atoms with E-state index in [4.69, 9.17) is 14.2 Å². The minimum absolute atomic E-state index is 0.141. The van der Waals surface area contributed by atoms with Crippen molar-refractivity contribution >= 4 is 17.6 Å². The van der Waals surface area contributed by atoms with Crippen LogP contribution in [0.5, 0.6) is 11.5 Å². The van der Waals surface area contributed by atoms with Gasteiger partial charge >= 0.3 is 5.97 Å². The predicted molar refractivity (Wildman–Crippen MR) is 92.0 cm³/mol. The molecule has 1 aliphatic heterocycles. The standard InChI is InChI=1S/C19H19NO5/c1-12(2)24-19(22)13-7-9-14(10-8-13)20-18(21)17-11-23-15-5-3-4-6-16(15)25-17/h3-10,12,17H,11H2,1-2H3,(H,20,21). The quantitative estimate of drug-likeness (QED) is 0.865. The third-order valence-electron chi connectivity index (χ3n) is 3.53. The van der Waals surface area contributed by atoms with Gasteiger partial charge in [-0.3, -0.25) is 4.79 Å². The van der Waals surface area contributed by atoms with Gasteiger partial charge in [-0.1, -0.05) is 12.1 Å². The molecule has 1 aliphatic rings. The third-order valence-corrected chi connectivity index (χ3v) is 3.53. The Hall–Kier alpha value is -3.02. The largest absolute Gasteiger partial charge is 0.485 e. The average molecular weight is 341 g/mol. The molecule has 1 unspecified atom stereocenters. The van der Waals surface area contributed by atoms with Crippen molar-refractivity contribution in [2.24, 2.45) is 0 Å². The first-order valence-corrected chi connectivity index (χ1v) is 8.03. The maximum absolute atomic E-state index is 12.3. The number of rotatable bonds is 4. The van der Waals surface area contributed by atoms with Crippen LogP contribution in [0.2, 0.25) is 0 Å². The molecule has 2 aromatic rings. The second kappa shape index (κ2) is 7.25. The van der Waals surface area contributed by atoms with Crippen LogP contribution in [-0.2, 0) is 9.53 Å². The fourth-order valence-electron chi connectivity index (χ4n) is 2.34. The number of nitrogens with one attached hydrogen (secondary N) is 1. The Morgan fingerprint density at radius 3 is 2.44 bits per heavy atom. The second-order valence-corrected chi connectivity index (χ2v) is 5.88. The molecule has 0 saturated heterocycles. The van der Waals surface area contributed by atoms with Gasteiger partial charge < -0.3 is 19.5 Å². The van der Waals surface area contributed by atoms with Gasteiger partial charge in [0, 0.05) is 5.69 Å². The molecule has 1 N–H and O–H groups in total. The van der Waals surface area contributed by atoms with Gasteiger partial charge in [-0.05, 0) is 50.2 Å². The van der Waals surface area contributed by atoms with Crippen LogP contribution in [0.3, 0.4) is 0 Å². The number of carbonyl (C=O) groups excluding carboxylic acids is 2. The van der Waals surface area contributed by atoms with E-state index < -0.39 is 12.1 Å². The monoisotopic (exact) mass is 341 g/mol. The van der Waals surface area contributed by atoms with Crippen LogP contribution in [0.4, 0.5) is 5.69 Å². The first kappa shape index (κ1) is 16.8. The number of amides is 1. The van der Waals surface area contributed by atoms with Crippen LogP contribution < -0.4 is 14.8 Å². The highest BCUT2D eigenvalue weighted by molar-refractivity contribution is 5.95. The summed E-state index contributed by atoms with van der Waals surface area (Å²) in [5.74, 6) is 0.459. The van der Waals surface area contributed by atoms with Crippen molar-refractivity contribution in [2.45, 2.75) is 26.1 Å². The number of ether oxygens (including phenoxy) is 3. The molecule has 1 heterocycles. The summed E-state index contributed by atoms with van der Waals surface area (Å²) in [4.78, 5) is 24.1. The van der Waals surface area contributed by atoms with Gasteiger partial charge in [0.2, 0.25) is 6.10 Å². The normalized spacial score (nSPS) is 15.6. The van der Waals surface area contributed by atoms with E-state index in [1.165, 1.54) is 0 Å². The number of para-hydroxylation sites is 2. The summed E-state index contributed by atoms with van der Waals surface area (Å²) in [6.45, 7) is 3.72. The molecule has 0 aliphatic carbocycles. The zero-order chi connectivity index (χ0) is 17.8. The van der Waals surface area contributed by atoms with E-state index in [9.17, 15) is 9.59 Å². The Bertz CT molecular complexity index is 770. The Morgan fingerprint density at radius 1 is 1.08 bits per heavy atom. The van der Waals surface area contributed by atoms with Crippen LogP contribution in [0.15, 0.2) is 48.5 Å². The van der Waals surface area contributed by atoms with Gasteiger partial charge in [0.05, 0.1) is 11.7 Å². The van der Waals surface area contributed by atoms with Gasteiger partial charge in [0.25, 0.3) is 5.91 Å². The third kappa shape index (κ3) is 4.09. The van der Waals surface area contributed by atoms with Crippen molar-refractivity contribution in [3.05, 3.63) is 54.1 Å². The predicted octanol–water partition coefficient (Wildman–Crippen LogP) is 3.03. The number of anilines is 1. The van der Waals surface area contributed by atoms with E-state index in [1.807, 2.05) is 12.1 Å². The molecule has 25 heavy (non-hydrogen) atoms. The van der Waals surface area contributed by atoms with Gasteiger partial charge in [-0.25, -0.2) is 4.79 Å². The van der Waals surface area contributed by atoms with Gasteiger partial charge in [-0.15, -0.1) is 0 Å². The summed E-state index contributed by atoms with van der Waals surface area (Å²) < 4.78 is 16.3. The molecule has 6 nitrogen and oxygen atoms in total. The SMILES string of the molecule is CC(C)OC(=O)c1ccc(NC(=O)C2COc3ccccc3O2)cc1. The van der Waals surface area contributed by atoms with Crippen LogP contribution in [0, 0.1) is 0 Å². The van der Waals surface area contributed by atoms with E-state index in [1.54, 1.807) is 50.2 Å². The van der Waals surface area contributed by atoms with Gasteiger partial charge in [0.1, 0.15) is 6.61 Å². The fourth-order valence-corrected chi connectivity index (χ4v) is 2.34. The van der Waals surface area contributed by atoms with Crippen molar-refractivity contribution in [3.63, 3.8) is 0 Å². The van der Waals surface area contributed by atoms with E-state index >= 15 is 0 Å². The summed E-state index contributed by atoms with van der Waals surface area (Å²) in [5, 5.41) is 2.75. The zero-order valence-electron chi connectivity index (χ0n) is 14.0. The highest BCUT2D eigenvalue weighted by Gasteiger charge is 2.27. The number of hydrogen-bond acceptors (Lipinski definition) is 5. The lowest BCUT2D eigenvalue weighted by Gasteiger charge is -2.25. The van der Waals surface area contributed by atoms with Crippen molar-refractivity contribution in [2.75, 3.05) is 11.9 Å². The van der Waals surface area contributed by atoms with Crippen molar-refractivity contribution < 1.29 is 23.8 Å². The highest BCUT2D eigenvalue weighted by Crippen LogP contribution is 2.31. The smallest absolute Gasteiger partial charge is 0.338 e. The second-order valence-electron chi connectivity index (χ2n) is 5.88. The van der Waals surface area contributed by atoms with Crippen molar-refractivity contribution in [3.8, 4) is 11.5 Å². The lowest BCUT2D eigenvalue weighted by molar-refractivity contribution is -0.125. The van der Waals surface area contributed by atoms with E-state index in [0.717, 1.165) is 0 Å². The van der Waals surface area contributed by atoms with Crippen LogP contribution in [0.25, 0.3) is 0 Å².